The van der Waals surface area contributed by atoms with Crippen molar-refractivity contribution in [2.45, 2.75) is 20.8 Å². The van der Waals surface area contributed by atoms with Crippen molar-refractivity contribution in [1.82, 2.24) is 10.4 Å². The topological polar surface area (TPSA) is 104 Å². The van der Waals surface area contributed by atoms with Crippen LogP contribution in [-0.4, -0.2) is 36.3 Å². The monoisotopic (exact) mass is 366 g/mol. The Labute approximate surface area is 158 Å². The number of pyridine rings is 1. The lowest BCUT2D eigenvalue weighted by Gasteiger charge is -2.09. The van der Waals surface area contributed by atoms with Crippen molar-refractivity contribution in [3.05, 3.63) is 59.4 Å². The second-order valence-corrected chi connectivity index (χ2v) is 5.46. The summed E-state index contributed by atoms with van der Waals surface area (Å²) in [4.78, 5) is 12.2. The van der Waals surface area contributed by atoms with Crippen LogP contribution in [0.1, 0.15) is 26.3 Å². The Morgan fingerprint density at radius 2 is 2.19 bits per heavy atom. The van der Waals surface area contributed by atoms with Gasteiger partial charge in [-0.05, 0) is 33.6 Å². The number of hydrazone groups is 1. The molecule has 2 heterocycles. The number of hydrogen-bond acceptors (Lipinski definition) is 7. The van der Waals surface area contributed by atoms with E-state index in [1.807, 2.05) is 32.1 Å². The lowest BCUT2D eigenvalue weighted by Crippen LogP contribution is -2.11. The van der Waals surface area contributed by atoms with Crippen molar-refractivity contribution in [2.75, 3.05) is 7.11 Å². The van der Waals surface area contributed by atoms with Crippen molar-refractivity contribution in [3.8, 4) is 5.75 Å². The number of ether oxygens (including phenoxy) is 2. The first-order valence-corrected chi connectivity index (χ1v) is 8.16. The Morgan fingerprint density at radius 3 is 2.85 bits per heavy atom. The number of hydrogen-bond donors (Lipinski definition) is 2. The van der Waals surface area contributed by atoms with E-state index >= 15 is 0 Å². The molecule has 140 valence electrons. The number of allylic oxidation sites excluding steroid dienone is 3. The van der Waals surface area contributed by atoms with Crippen LogP contribution in [0.15, 0.2) is 68.9 Å². The van der Waals surface area contributed by atoms with Crippen LogP contribution < -0.4 is 10.2 Å². The highest BCUT2D eigenvalue weighted by Crippen LogP contribution is 2.21. The second-order valence-electron chi connectivity index (χ2n) is 5.46. The average molecular weight is 366 g/mol. The standard InChI is InChI=1S/C19H22N6O2/c1-6-7-8-12(2)18-24-25-19(27-18)16(17(20)21-4)23-13(3)14-9-10-22-11-15(14)26-5/h6-11,20,25H,4H2,1-3,5H3/b7-6-,12-8+,19-16?,20-17?,23-13?. The Kier molecular flexibility index (Phi) is 6.76. The molecule has 0 bridgehead atoms. The second kappa shape index (κ2) is 9.23. The lowest BCUT2D eigenvalue weighted by molar-refractivity contribution is 0.410. The van der Waals surface area contributed by atoms with E-state index in [0.29, 0.717) is 17.4 Å². The van der Waals surface area contributed by atoms with Gasteiger partial charge in [0.1, 0.15) is 5.75 Å². The van der Waals surface area contributed by atoms with Crippen LogP contribution in [0.25, 0.3) is 0 Å². The normalized spacial score (nSPS) is 16.5. The average Bonchev–Trinajstić information content (AvgIpc) is 3.19. The van der Waals surface area contributed by atoms with Gasteiger partial charge in [0.2, 0.25) is 11.8 Å². The van der Waals surface area contributed by atoms with E-state index in [0.717, 1.165) is 11.1 Å². The number of rotatable bonds is 6. The minimum atomic E-state index is -0.142. The van der Waals surface area contributed by atoms with Gasteiger partial charge in [0, 0.05) is 23.0 Å². The third kappa shape index (κ3) is 4.75. The zero-order valence-corrected chi connectivity index (χ0v) is 15.8. The molecule has 0 aliphatic carbocycles. The lowest BCUT2D eigenvalue weighted by atomic mass is 10.1. The molecule has 1 aliphatic rings. The first-order chi connectivity index (χ1) is 13.0. The van der Waals surface area contributed by atoms with Crippen molar-refractivity contribution in [2.24, 2.45) is 15.1 Å². The third-order valence-corrected chi connectivity index (χ3v) is 3.60. The summed E-state index contributed by atoms with van der Waals surface area (Å²) in [5.74, 6) is 1.04. The fraction of sp³-hybridized carbons (Fsp3) is 0.211. The molecule has 0 spiro atoms. The van der Waals surface area contributed by atoms with Crippen LogP contribution in [0.4, 0.5) is 0 Å². The van der Waals surface area contributed by atoms with Crippen LogP contribution in [-0.2, 0) is 4.74 Å². The number of nitrogens with zero attached hydrogens (tertiary/aromatic N) is 4. The summed E-state index contributed by atoms with van der Waals surface area (Å²) in [6, 6.07) is 1.78. The van der Waals surface area contributed by atoms with E-state index in [9.17, 15) is 0 Å². The zero-order chi connectivity index (χ0) is 19.8. The zero-order valence-electron chi connectivity index (χ0n) is 15.8. The van der Waals surface area contributed by atoms with Gasteiger partial charge in [0.15, 0.2) is 11.5 Å². The van der Waals surface area contributed by atoms with Gasteiger partial charge in [0.25, 0.3) is 0 Å². The van der Waals surface area contributed by atoms with E-state index in [1.54, 1.807) is 32.5 Å². The van der Waals surface area contributed by atoms with Crippen LogP contribution in [0, 0.1) is 5.41 Å². The quantitative estimate of drug-likeness (QED) is 0.458. The summed E-state index contributed by atoms with van der Waals surface area (Å²) in [6.07, 6.45) is 8.90. The van der Waals surface area contributed by atoms with Crippen molar-refractivity contribution in [3.63, 3.8) is 0 Å². The fourth-order valence-corrected chi connectivity index (χ4v) is 2.18. The van der Waals surface area contributed by atoms with Gasteiger partial charge in [-0.15, -0.1) is 5.10 Å². The minimum Gasteiger partial charge on any atom is -0.494 e. The van der Waals surface area contributed by atoms with Crippen LogP contribution in [0.3, 0.4) is 0 Å². The molecule has 0 unspecified atom stereocenters. The number of methoxy groups -OCH3 is 1. The molecule has 8 nitrogen and oxygen atoms in total. The predicted octanol–water partition coefficient (Wildman–Crippen LogP) is 3.20. The maximum Gasteiger partial charge on any atom is 0.245 e. The van der Waals surface area contributed by atoms with Crippen LogP contribution >= 0.6 is 0 Å². The smallest absolute Gasteiger partial charge is 0.245 e. The van der Waals surface area contributed by atoms with Gasteiger partial charge in [-0.1, -0.05) is 18.2 Å². The van der Waals surface area contributed by atoms with Crippen molar-refractivity contribution < 1.29 is 9.47 Å². The maximum atomic E-state index is 8.06. The van der Waals surface area contributed by atoms with Crippen molar-refractivity contribution >= 4 is 24.2 Å². The highest BCUT2D eigenvalue weighted by Gasteiger charge is 2.22. The van der Waals surface area contributed by atoms with Crippen LogP contribution in [0.5, 0.6) is 5.75 Å². The predicted molar refractivity (Wildman–Crippen MR) is 108 cm³/mol. The molecule has 0 amide bonds. The van der Waals surface area contributed by atoms with E-state index in [4.69, 9.17) is 14.9 Å². The minimum absolute atomic E-state index is 0.142. The van der Waals surface area contributed by atoms with Gasteiger partial charge in [-0.3, -0.25) is 10.4 Å². The molecule has 2 rings (SSSR count). The van der Waals surface area contributed by atoms with E-state index in [2.05, 4.69) is 32.2 Å². The largest absolute Gasteiger partial charge is 0.494 e. The summed E-state index contributed by atoms with van der Waals surface area (Å²) in [5.41, 5.74) is 5.11. The van der Waals surface area contributed by atoms with Gasteiger partial charge >= 0.3 is 0 Å². The van der Waals surface area contributed by atoms with E-state index in [1.165, 1.54) is 0 Å². The summed E-state index contributed by atoms with van der Waals surface area (Å²) in [7, 11) is 1.56. The highest BCUT2D eigenvalue weighted by molar-refractivity contribution is 6.07. The fourth-order valence-electron chi connectivity index (χ4n) is 2.18. The summed E-state index contributed by atoms with van der Waals surface area (Å²) < 4.78 is 11.0. The Hall–Kier alpha value is -3.55. The molecule has 0 saturated carbocycles. The van der Waals surface area contributed by atoms with Gasteiger partial charge in [-0.25, -0.2) is 15.4 Å². The van der Waals surface area contributed by atoms with Gasteiger partial charge in [-0.2, -0.15) is 0 Å². The molecular formula is C19H22N6O2. The summed E-state index contributed by atoms with van der Waals surface area (Å²) >= 11 is 0. The molecule has 1 aromatic heterocycles. The van der Waals surface area contributed by atoms with Gasteiger partial charge in [0.05, 0.1) is 13.3 Å². The Bertz CT molecular complexity index is 893. The molecule has 1 aliphatic heterocycles. The van der Waals surface area contributed by atoms with Crippen molar-refractivity contribution in [1.29, 1.82) is 5.41 Å². The SMILES string of the molecule is C=NC(=N)C(N=C(C)c1ccncc1OC)=C1NN=C(/C(C)=C/C=C\C)O1. The molecule has 8 heteroatoms. The first kappa shape index (κ1) is 19.8. The molecule has 0 fully saturated rings. The summed E-state index contributed by atoms with van der Waals surface area (Å²) in [5, 5.41) is 12.2. The molecule has 1 aromatic rings. The first-order valence-electron chi connectivity index (χ1n) is 8.16. The summed E-state index contributed by atoms with van der Waals surface area (Å²) in [6.45, 7) is 8.99. The number of amidine groups is 1. The van der Waals surface area contributed by atoms with Crippen LogP contribution in [0.2, 0.25) is 0 Å². The molecule has 2 N–H and O–H groups in total. The van der Waals surface area contributed by atoms with Gasteiger partial charge < -0.3 is 9.47 Å². The molecule has 0 aromatic carbocycles. The maximum absolute atomic E-state index is 8.06. The molecule has 0 saturated heterocycles. The molecule has 0 atom stereocenters. The Morgan fingerprint density at radius 1 is 1.41 bits per heavy atom. The number of aliphatic imine (C=N–C) groups is 2. The molecular weight excluding hydrogens is 344 g/mol. The number of nitrogens with one attached hydrogen (secondary N) is 2. The Balaban J connectivity index is 2.41. The third-order valence-electron chi connectivity index (χ3n) is 3.60. The van der Waals surface area contributed by atoms with E-state index in [-0.39, 0.29) is 17.4 Å². The molecule has 0 radical (unpaired) electrons. The highest BCUT2D eigenvalue weighted by atomic mass is 16.5. The molecule has 27 heavy (non-hydrogen) atoms. The van der Waals surface area contributed by atoms with E-state index < -0.39 is 0 Å². The number of aromatic nitrogens is 1.